The Morgan fingerprint density at radius 3 is 2.33 bits per heavy atom. The molecule has 0 saturated carbocycles. The van der Waals surface area contributed by atoms with Crippen molar-refractivity contribution in [2.45, 2.75) is 47.8 Å². The minimum atomic E-state index is -3.65. The maximum atomic E-state index is 13.0. The first-order valence-corrected chi connectivity index (χ1v) is 16.3. The molecule has 0 atom stereocenters. The number of aliphatic hydroxyl groups is 1. The molecule has 10 nitrogen and oxygen atoms in total. The quantitative estimate of drug-likeness (QED) is 0.272. The van der Waals surface area contributed by atoms with Gasteiger partial charge in [-0.15, -0.1) is 11.3 Å². The lowest BCUT2D eigenvalue weighted by molar-refractivity contribution is 0.113. The second-order valence-electron chi connectivity index (χ2n) is 9.53. The van der Waals surface area contributed by atoms with E-state index in [0.29, 0.717) is 35.6 Å². The van der Waals surface area contributed by atoms with E-state index < -0.39 is 31.2 Å². The molecule has 0 aliphatic carbocycles. The maximum Gasteiger partial charge on any atom is 0.243 e. The molecule has 0 bridgehead atoms. The van der Waals surface area contributed by atoms with Gasteiger partial charge >= 0.3 is 0 Å². The molecule has 2 aromatic heterocycles. The maximum absolute atomic E-state index is 13.0. The summed E-state index contributed by atoms with van der Waals surface area (Å²) in [6.45, 7) is 3.86. The van der Waals surface area contributed by atoms with E-state index in [-0.39, 0.29) is 28.8 Å². The Morgan fingerprint density at radius 1 is 0.949 bits per heavy atom. The number of aromatic nitrogens is 2. The van der Waals surface area contributed by atoms with Crippen LogP contribution in [0.2, 0.25) is 0 Å². The SMILES string of the molecule is CC(C)S(=O)(=O)c1ccccc1Nc1nc(Nc2ccc(S(=O)(=O)N3CCC(O)CC3)cc2)nc2ccsc12. The van der Waals surface area contributed by atoms with Crippen LogP contribution in [-0.2, 0) is 19.9 Å². The number of thiophene rings is 1. The largest absolute Gasteiger partial charge is 0.393 e. The van der Waals surface area contributed by atoms with Gasteiger partial charge in [0.15, 0.2) is 15.7 Å². The fourth-order valence-corrected chi connectivity index (χ4v) is 7.72. The van der Waals surface area contributed by atoms with Gasteiger partial charge in [0.2, 0.25) is 16.0 Å². The van der Waals surface area contributed by atoms with Gasteiger partial charge in [0.05, 0.1) is 37.0 Å². The van der Waals surface area contributed by atoms with E-state index in [0.717, 1.165) is 4.70 Å². The van der Waals surface area contributed by atoms with Crippen molar-refractivity contribution in [1.82, 2.24) is 14.3 Å². The first-order valence-electron chi connectivity index (χ1n) is 12.5. The van der Waals surface area contributed by atoms with Crippen LogP contribution < -0.4 is 10.6 Å². The highest BCUT2D eigenvalue weighted by atomic mass is 32.2. The number of benzene rings is 2. The van der Waals surface area contributed by atoms with E-state index in [1.807, 2.05) is 11.4 Å². The standard InChI is InChI=1S/C26H29N5O5S3/c1-17(2)38(33,34)23-6-4-3-5-21(23)28-25-24-22(13-16-37-24)29-26(30-25)27-18-7-9-20(10-8-18)39(35,36)31-14-11-19(32)12-15-31/h3-10,13,16-17,19,32H,11-12,14-15H2,1-2H3,(H2,27,28,29,30). The van der Waals surface area contributed by atoms with Crippen molar-refractivity contribution in [2.75, 3.05) is 23.7 Å². The van der Waals surface area contributed by atoms with Gasteiger partial charge in [-0.1, -0.05) is 12.1 Å². The topological polar surface area (TPSA) is 142 Å². The molecule has 1 aliphatic rings. The Morgan fingerprint density at radius 2 is 1.64 bits per heavy atom. The number of anilines is 4. The van der Waals surface area contributed by atoms with Crippen molar-refractivity contribution in [3.63, 3.8) is 0 Å². The molecule has 206 valence electrons. The van der Waals surface area contributed by atoms with Crippen LogP contribution in [0.5, 0.6) is 0 Å². The van der Waals surface area contributed by atoms with E-state index in [1.165, 1.54) is 27.8 Å². The summed E-state index contributed by atoms with van der Waals surface area (Å²) >= 11 is 1.43. The van der Waals surface area contributed by atoms with E-state index in [9.17, 15) is 21.9 Å². The Balaban J connectivity index is 1.41. The van der Waals surface area contributed by atoms with Gasteiger partial charge in [0, 0.05) is 18.8 Å². The van der Waals surface area contributed by atoms with Crippen LogP contribution in [0.1, 0.15) is 26.7 Å². The zero-order valence-corrected chi connectivity index (χ0v) is 23.9. The minimum Gasteiger partial charge on any atom is -0.393 e. The summed E-state index contributed by atoms with van der Waals surface area (Å²) in [6, 6.07) is 14.9. The van der Waals surface area contributed by atoms with Gasteiger partial charge in [-0.2, -0.15) is 9.29 Å². The summed E-state index contributed by atoms with van der Waals surface area (Å²) in [7, 11) is -7.19. The summed E-state index contributed by atoms with van der Waals surface area (Å²) < 4.78 is 54.0. The number of rotatable bonds is 8. The van der Waals surface area contributed by atoms with Gasteiger partial charge in [-0.3, -0.25) is 0 Å². The normalized spacial score (nSPS) is 15.6. The number of sulfone groups is 1. The predicted octanol–water partition coefficient (Wildman–Crippen LogP) is 4.51. The molecule has 39 heavy (non-hydrogen) atoms. The monoisotopic (exact) mass is 587 g/mol. The third kappa shape index (κ3) is 5.63. The van der Waals surface area contributed by atoms with E-state index in [2.05, 4.69) is 20.6 Å². The van der Waals surface area contributed by atoms with E-state index >= 15 is 0 Å². The molecule has 3 heterocycles. The van der Waals surface area contributed by atoms with Crippen LogP contribution in [0.4, 0.5) is 23.1 Å². The molecule has 0 amide bonds. The highest BCUT2D eigenvalue weighted by Crippen LogP contribution is 2.33. The number of piperidine rings is 1. The highest BCUT2D eigenvalue weighted by molar-refractivity contribution is 7.92. The van der Waals surface area contributed by atoms with E-state index in [4.69, 9.17) is 0 Å². The number of fused-ring (bicyclic) bond motifs is 1. The number of sulfonamides is 1. The average Bonchev–Trinajstić information content (AvgIpc) is 3.38. The second-order valence-corrected chi connectivity index (χ2v) is 14.9. The van der Waals surface area contributed by atoms with Crippen molar-refractivity contribution < 1.29 is 21.9 Å². The Kier molecular flexibility index (Phi) is 7.62. The number of nitrogens with one attached hydrogen (secondary N) is 2. The Labute approximate surface area is 231 Å². The van der Waals surface area contributed by atoms with Crippen LogP contribution in [0, 0.1) is 0 Å². The Hall–Kier alpha value is -3.10. The molecule has 1 aliphatic heterocycles. The summed E-state index contributed by atoms with van der Waals surface area (Å²) in [5.74, 6) is 0.726. The fourth-order valence-electron chi connectivity index (χ4n) is 4.27. The van der Waals surface area contributed by atoms with E-state index in [1.54, 1.807) is 50.2 Å². The summed E-state index contributed by atoms with van der Waals surface area (Å²) in [6.07, 6.45) is 0.382. The zero-order chi connectivity index (χ0) is 27.8. The van der Waals surface area contributed by atoms with Crippen LogP contribution in [-0.4, -0.2) is 60.7 Å². The molecule has 0 spiro atoms. The molecular formula is C26H29N5O5S3. The lowest BCUT2D eigenvalue weighted by Gasteiger charge is -2.28. The van der Waals surface area contributed by atoms with Gasteiger partial charge in [0.1, 0.15) is 0 Å². The average molecular weight is 588 g/mol. The number of hydrogen-bond donors (Lipinski definition) is 3. The minimum absolute atomic E-state index is 0.170. The van der Waals surface area contributed by atoms with Gasteiger partial charge in [0.25, 0.3) is 0 Å². The van der Waals surface area contributed by atoms with Crippen molar-refractivity contribution in [3.05, 3.63) is 60.0 Å². The van der Waals surface area contributed by atoms with Crippen molar-refractivity contribution in [3.8, 4) is 0 Å². The lowest BCUT2D eigenvalue weighted by Crippen LogP contribution is -2.39. The molecule has 4 aromatic rings. The van der Waals surface area contributed by atoms with Crippen LogP contribution >= 0.6 is 11.3 Å². The fraction of sp³-hybridized carbons (Fsp3) is 0.308. The molecular weight excluding hydrogens is 559 g/mol. The first-order chi connectivity index (χ1) is 18.6. The molecule has 0 unspecified atom stereocenters. The van der Waals surface area contributed by atoms with Gasteiger partial charge in [-0.25, -0.2) is 21.8 Å². The molecule has 5 rings (SSSR count). The zero-order valence-electron chi connectivity index (χ0n) is 21.4. The number of para-hydroxylation sites is 1. The number of aliphatic hydroxyl groups excluding tert-OH is 1. The van der Waals surface area contributed by atoms with Crippen molar-refractivity contribution >= 4 is 64.6 Å². The van der Waals surface area contributed by atoms with Gasteiger partial charge < -0.3 is 15.7 Å². The molecule has 2 aromatic carbocycles. The molecule has 1 saturated heterocycles. The highest BCUT2D eigenvalue weighted by Gasteiger charge is 2.28. The molecule has 1 fully saturated rings. The summed E-state index contributed by atoms with van der Waals surface area (Å²) in [4.78, 5) is 9.54. The summed E-state index contributed by atoms with van der Waals surface area (Å²) in [5, 5.41) is 17.3. The molecule has 13 heteroatoms. The number of nitrogens with zero attached hydrogens (tertiary/aromatic N) is 3. The van der Waals surface area contributed by atoms with Crippen LogP contribution in [0.25, 0.3) is 10.2 Å². The smallest absolute Gasteiger partial charge is 0.243 e. The van der Waals surface area contributed by atoms with Crippen LogP contribution in [0.3, 0.4) is 0 Å². The predicted molar refractivity (Wildman–Crippen MR) is 153 cm³/mol. The number of hydrogen-bond acceptors (Lipinski definition) is 10. The third-order valence-corrected chi connectivity index (χ3v) is 11.6. The Bertz CT molecular complexity index is 1700. The first kappa shape index (κ1) is 27.5. The second kappa shape index (κ2) is 10.8. The molecule has 3 N–H and O–H groups in total. The summed E-state index contributed by atoms with van der Waals surface area (Å²) in [5.41, 5.74) is 1.69. The van der Waals surface area contributed by atoms with Crippen molar-refractivity contribution in [1.29, 1.82) is 0 Å². The lowest BCUT2D eigenvalue weighted by atomic mass is 10.1. The third-order valence-electron chi connectivity index (χ3n) is 6.54. The van der Waals surface area contributed by atoms with Crippen LogP contribution in [0.15, 0.2) is 69.8 Å². The molecule has 0 radical (unpaired) electrons. The van der Waals surface area contributed by atoms with Crippen molar-refractivity contribution in [2.24, 2.45) is 0 Å². The van der Waals surface area contributed by atoms with Gasteiger partial charge in [-0.05, 0) is 74.5 Å².